The van der Waals surface area contributed by atoms with Gasteiger partial charge in [0, 0.05) is 60.8 Å². The predicted octanol–water partition coefficient (Wildman–Crippen LogP) is 6.19. The summed E-state index contributed by atoms with van der Waals surface area (Å²) >= 11 is 0. The number of hydrogen-bond acceptors (Lipinski definition) is 5. The topological polar surface area (TPSA) is 79.9 Å². The first-order chi connectivity index (χ1) is 20.5. The number of unbranched alkanes of at least 4 members (excludes halogenated alkanes) is 6. The summed E-state index contributed by atoms with van der Waals surface area (Å²) in [6.45, 7) is 10.7. The molecule has 2 aliphatic rings. The Balaban J connectivity index is 1.17. The quantitative estimate of drug-likeness (QED) is 0.266. The van der Waals surface area contributed by atoms with E-state index in [-0.39, 0.29) is 34.8 Å². The van der Waals surface area contributed by atoms with E-state index >= 15 is 0 Å². The highest BCUT2D eigenvalue weighted by Crippen LogP contribution is 2.38. The Labute approximate surface area is 253 Å². The minimum Gasteiger partial charge on any atom is -0.391 e. The zero-order valence-corrected chi connectivity index (χ0v) is 26.0. The van der Waals surface area contributed by atoms with Gasteiger partial charge in [0.15, 0.2) is 0 Å². The molecule has 7 nitrogen and oxygen atoms in total. The summed E-state index contributed by atoms with van der Waals surface area (Å²) in [5, 5.41) is 11.1. The number of aromatic nitrogens is 1. The lowest BCUT2D eigenvalue weighted by Crippen LogP contribution is -2.49. The number of carbonyl (C=O) groups excluding carboxylic acids is 1. The standard InChI is InChI=1S/C33H49F3N4O3/c1-23(2)32(43)39-19-17-38(18-20-39)16-10-8-6-4-5-7-9-11-30(41)29-15-12-24(3)40(29)25-13-14-28-26(21-25)27(33(34,35)36)22-31(42)37-28/h13-14,21-24,29-30,41H,4-12,15-20H2,1-3H3,(H,37,42)/t24-,29-,30?/m1/s1. The lowest BCUT2D eigenvalue weighted by Gasteiger charge is -2.35. The van der Waals surface area contributed by atoms with Crippen LogP contribution in [0.4, 0.5) is 18.9 Å². The summed E-state index contributed by atoms with van der Waals surface area (Å²) in [7, 11) is 0. The zero-order chi connectivity index (χ0) is 31.1. The number of aliphatic hydroxyl groups is 1. The van der Waals surface area contributed by atoms with E-state index in [1.165, 1.54) is 37.8 Å². The molecule has 10 heteroatoms. The molecule has 2 aliphatic heterocycles. The van der Waals surface area contributed by atoms with E-state index in [9.17, 15) is 27.9 Å². The molecule has 1 aromatic carbocycles. The third-order valence-corrected chi connectivity index (χ3v) is 9.24. The van der Waals surface area contributed by atoms with Gasteiger partial charge >= 0.3 is 6.18 Å². The minimum atomic E-state index is -4.63. The molecule has 0 aliphatic carbocycles. The van der Waals surface area contributed by atoms with Crippen molar-refractivity contribution in [1.29, 1.82) is 0 Å². The lowest BCUT2D eigenvalue weighted by molar-refractivity contribution is -0.137. The number of pyridine rings is 1. The molecule has 0 radical (unpaired) electrons. The van der Waals surface area contributed by atoms with Crippen LogP contribution in [0, 0.1) is 5.92 Å². The molecule has 3 heterocycles. The minimum absolute atomic E-state index is 0.0300. The molecular weight excluding hydrogens is 557 g/mol. The third-order valence-electron chi connectivity index (χ3n) is 9.24. The van der Waals surface area contributed by atoms with E-state index in [1.54, 1.807) is 6.07 Å². The Bertz CT molecular complexity index is 1260. The molecule has 2 aromatic rings. The molecule has 2 saturated heterocycles. The second-order valence-corrected chi connectivity index (χ2v) is 12.8. The second kappa shape index (κ2) is 14.9. The van der Waals surface area contributed by atoms with Crippen molar-refractivity contribution in [3.8, 4) is 0 Å². The first-order valence-corrected chi connectivity index (χ1v) is 16.2. The van der Waals surface area contributed by atoms with Crippen LogP contribution >= 0.6 is 0 Å². The first-order valence-electron chi connectivity index (χ1n) is 16.2. The molecule has 1 amide bonds. The van der Waals surface area contributed by atoms with Crippen molar-refractivity contribution < 1.29 is 23.1 Å². The third kappa shape index (κ3) is 8.75. The highest BCUT2D eigenvalue weighted by Gasteiger charge is 2.37. The summed E-state index contributed by atoms with van der Waals surface area (Å²) in [5.41, 5.74) is -0.911. The number of nitrogens with zero attached hydrogens (tertiary/aromatic N) is 3. The number of hydrogen-bond donors (Lipinski definition) is 2. The lowest BCUT2D eigenvalue weighted by atomic mass is 10.00. The van der Waals surface area contributed by atoms with Crippen molar-refractivity contribution in [2.45, 2.75) is 109 Å². The highest BCUT2D eigenvalue weighted by molar-refractivity contribution is 5.86. The summed E-state index contributed by atoms with van der Waals surface area (Å²) in [5.74, 6) is 0.328. The Kier molecular flexibility index (Phi) is 11.6. The smallest absolute Gasteiger partial charge is 0.391 e. The number of fused-ring (bicyclic) bond motifs is 1. The van der Waals surface area contributed by atoms with Crippen LogP contribution in [0.2, 0.25) is 0 Å². The predicted molar refractivity (Wildman–Crippen MR) is 165 cm³/mol. The fourth-order valence-corrected chi connectivity index (χ4v) is 6.80. The first kappa shape index (κ1) is 33.3. The fourth-order valence-electron chi connectivity index (χ4n) is 6.80. The van der Waals surface area contributed by atoms with Gasteiger partial charge in [-0.1, -0.05) is 52.4 Å². The Morgan fingerprint density at radius 3 is 2.28 bits per heavy atom. The van der Waals surface area contributed by atoms with Crippen molar-refractivity contribution in [2.75, 3.05) is 37.6 Å². The van der Waals surface area contributed by atoms with Crippen molar-refractivity contribution in [1.82, 2.24) is 14.8 Å². The van der Waals surface area contributed by atoms with Gasteiger partial charge in [-0.05, 0) is 57.4 Å². The molecule has 0 spiro atoms. The molecule has 43 heavy (non-hydrogen) atoms. The number of aromatic amines is 1. The Hall–Kier alpha value is -2.59. The van der Waals surface area contributed by atoms with Gasteiger partial charge in [0.05, 0.1) is 17.7 Å². The van der Waals surface area contributed by atoms with E-state index < -0.39 is 23.4 Å². The number of nitrogens with one attached hydrogen (secondary N) is 1. The van der Waals surface area contributed by atoms with Crippen molar-refractivity contribution in [2.24, 2.45) is 5.92 Å². The van der Waals surface area contributed by atoms with Gasteiger partial charge in [-0.25, -0.2) is 0 Å². The van der Waals surface area contributed by atoms with Crippen LogP contribution in [0.1, 0.15) is 90.5 Å². The number of H-pyrrole nitrogens is 1. The molecule has 240 valence electrons. The maximum atomic E-state index is 13.7. The molecule has 2 N–H and O–H groups in total. The largest absolute Gasteiger partial charge is 0.417 e. The maximum absolute atomic E-state index is 13.7. The number of carbonyl (C=O) groups is 1. The zero-order valence-electron chi connectivity index (χ0n) is 26.0. The van der Waals surface area contributed by atoms with Crippen LogP contribution in [0.3, 0.4) is 0 Å². The normalized spacial score (nSPS) is 20.8. The number of anilines is 1. The number of piperazine rings is 1. The summed E-state index contributed by atoms with van der Waals surface area (Å²) in [6.07, 6.45) is 5.05. The van der Waals surface area contributed by atoms with Gasteiger partial charge in [-0.15, -0.1) is 0 Å². The van der Waals surface area contributed by atoms with Gasteiger partial charge < -0.3 is 19.9 Å². The molecular formula is C33H49F3N4O3. The average molecular weight is 607 g/mol. The number of halogens is 3. The van der Waals surface area contributed by atoms with Gasteiger partial charge in [0.2, 0.25) is 11.5 Å². The van der Waals surface area contributed by atoms with E-state index in [1.807, 2.05) is 25.7 Å². The molecule has 2 fully saturated rings. The molecule has 0 saturated carbocycles. The SMILES string of the molecule is CC(C)C(=O)N1CCN(CCCCCCCCCC(O)[C@H]2CC[C@@H](C)N2c2ccc3[nH]c(=O)cc(C(F)(F)F)c3c2)CC1. The number of rotatable bonds is 13. The average Bonchev–Trinajstić information content (AvgIpc) is 3.36. The van der Waals surface area contributed by atoms with Crippen molar-refractivity contribution in [3.05, 3.63) is 40.2 Å². The molecule has 1 unspecified atom stereocenters. The van der Waals surface area contributed by atoms with E-state index in [0.717, 1.165) is 64.8 Å². The van der Waals surface area contributed by atoms with Gasteiger partial charge in [0.1, 0.15) is 0 Å². The fraction of sp³-hybridized carbons (Fsp3) is 0.697. The number of benzene rings is 1. The Morgan fingerprint density at radius 1 is 0.977 bits per heavy atom. The van der Waals surface area contributed by atoms with E-state index in [2.05, 4.69) is 14.8 Å². The number of aliphatic hydroxyl groups excluding tert-OH is 1. The second-order valence-electron chi connectivity index (χ2n) is 12.8. The van der Waals surface area contributed by atoms with Gasteiger partial charge in [-0.3, -0.25) is 14.5 Å². The van der Waals surface area contributed by atoms with Gasteiger partial charge in [0.25, 0.3) is 0 Å². The summed E-state index contributed by atoms with van der Waals surface area (Å²) < 4.78 is 41.1. The van der Waals surface area contributed by atoms with Crippen molar-refractivity contribution >= 4 is 22.5 Å². The molecule has 4 rings (SSSR count). The Morgan fingerprint density at radius 2 is 1.63 bits per heavy atom. The van der Waals surface area contributed by atoms with Crippen LogP contribution in [0.15, 0.2) is 29.1 Å². The van der Waals surface area contributed by atoms with Crippen LogP contribution in [-0.2, 0) is 11.0 Å². The van der Waals surface area contributed by atoms with Crippen LogP contribution in [0.5, 0.6) is 0 Å². The molecule has 1 aromatic heterocycles. The highest BCUT2D eigenvalue weighted by atomic mass is 19.4. The number of amides is 1. The van der Waals surface area contributed by atoms with Crippen LogP contribution < -0.4 is 10.5 Å². The van der Waals surface area contributed by atoms with E-state index in [0.29, 0.717) is 18.2 Å². The van der Waals surface area contributed by atoms with Crippen LogP contribution in [0.25, 0.3) is 10.9 Å². The maximum Gasteiger partial charge on any atom is 0.417 e. The monoisotopic (exact) mass is 606 g/mol. The van der Waals surface area contributed by atoms with E-state index in [4.69, 9.17) is 0 Å². The van der Waals surface area contributed by atoms with Crippen LogP contribution in [-0.4, -0.2) is 76.7 Å². The number of alkyl halides is 3. The molecule has 0 bridgehead atoms. The van der Waals surface area contributed by atoms with Crippen molar-refractivity contribution in [3.63, 3.8) is 0 Å². The summed E-state index contributed by atoms with van der Waals surface area (Å²) in [6, 6.07) is 5.35. The molecule has 3 atom stereocenters. The summed E-state index contributed by atoms with van der Waals surface area (Å²) in [4.78, 5) is 33.0. The van der Waals surface area contributed by atoms with Gasteiger partial charge in [-0.2, -0.15) is 13.2 Å².